The fourth-order valence-electron chi connectivity index (χ4n) is 1.39. The van der Waals surface area contributed by atoms with Crippen molar-refractivity contribution < 1.29 is 44.0 Å². The Morgan fingerprint density at radius 3 is 2.00 bits per heavy atom. The second kappa shape index (κ2) is 4.93. The molecule has 1 fully saturated rings. The van der Waals surface area contributed by atoms with Crippen LogP contribution in [0.5, 0.6) is 0 Å². The molecule has 0 aromatic carbocycles. The first-order valence-corrected chi connectivity index (χ1v) is 5.22. The summed E-state index contributed by atoms with van der Waals surface area (Å²) in [4.78, 5) is 0. The first kappa shape index (κ1) is 12.9. The minimum absolute atomic E-state index is 0. The summed E-state index contributed by atoms with van der Waals surface area (Å²) in [5, 5.41) is -0.567. The van der Waals surface area contributed by atoms with E-state index < -0.39 is 15.4 Å². The van der Waals surface area contributed by atoms with Gasteiger partial charge in [0, 0.05) is 6.04 Å². The SMILES string of the molecule is NC1CCC(S(=O)(=O)O)CC1.[H-].[Na+]. The van der Waals surface area contributed by atoms with Crippen molar-refractivity contribution >= 4 is 10.1 Å². The van der Waals surface area contributed by atoms with Gasteiger partial charge in [0.25, 0.3) is 10.1 Å². The van der Waals surface area contributed by atoms with E-state index in [-0.39, 0.29) is 37.0 Å². The average Bonchev–Trinajstić information content (AvgIpc) is 1.86. The molecular weight excluding hydrogens is 189 g/mol. The number of hydrogen-bond acceptors (Lipinski definition) is 3. The second-order valence-electron chi connectivity index (χ2n) is 3.05. The molecule has 0 heterocycles. The van der Waals surface area contributed by atoms with Crippen LogP contribution in [0.1, 0.15) is 27.1 Å². The Morgan fingerprint density at radius 2 is 1.67 bits per heavy atom. The van der Waals surface area contributed by atoms with Gasteiger partial charge >= 0.3 is 29.6 Å². The maximum absolute atomic E-state index is 10.6. The number of rotatable bonds is 1. The molecule has 68 valence electrons. The van der Waals surface area contributed by atoms with Crippen LogP contribution in [-0.4, -0.2) is 24.3 Å². The summed E-state index contributed by atoms with van der Waals surface area (Å²) >= 11 is 0. The van der Waals surface area contributed by atoms with Gasteiger partial charge in [-0.3, -0.25) is 4.55 Å². The standard InChI is InChI=1S/C6H13NO3S.Na.H/c7-5-1-3-6(4-2-5)11(8,9)10;;/h5-6H,1-4,7H2,(H,8,9,10);;/q;+1;-1. The van der Waals surface area contributed by atoms with Gasteiger partial charge in [-0.1, -0.05) is 0 Å². The maximum Gasteiger partial charge on any atom is 1.00 e. The van der Waals surface area contributed by atoms with Gasteiger partial charge in [0.15, 0.2) is 0 Å². The molecule has 0 spiro atoms. The van der Waals surface area contributed by atoms with Crippen LogP contribution in [0.15, 0.2) is 0 Å². The zero-order valence-electron chi connectivity index (χ0n) is 8.23. The Kier molecular flexibility index (Phi) is 5.29. The van der Waals surface area contributed by atoms with Gasteiger partial charge in [-0.15, -0.1) is 0 Å². The van der Waals surface area contributed by atoms with Crippen LogP contribution in [0.3, 0.4) is 0 Å². The molecule has 0 aromatic heterocycles. The van der Waals surface area contributed by atoms with Crippen LogP contribution in [0.25, 0.3) is 0 Å². The van der Waals surface area contributed by atoms with Crippen LogP contribution in [-0.2, 0) is 10.1 Å². The van der Waals surface area contributed by atoms with E-state index in [2.05, 4.69) is 0 Å². The molecule has 0 atom stereocenters. The van der Waals surface area contributed by atoms with E-state index >= 15 is 0 Å². The fraction of sp³-hybridized carbons (Fsp3) is 1.00. The van der Waals surface area contributed by atoms with Crippen LogP contribution >= 0.6 is 0 Å². The first-order valence-electron chi connectivity index (χ1n) is 3.72. The summed E-state index contributed by atoms with van der Waals surface area (Å²) in [6.45, 7) is 0. The predicted octanol–water partition coefficient (Wildman–Crippen LogP) is -2.74. The molecule has 1 aliphatic rings. The van der Waals surface area contributed by atoms with Gasteiger partial charge in [-0.25, -0.2) is 0 Å². The molecular formula is C6H14NNaO3S. The second-order valence-corrected chi connectivity index (χ2v) is 4.75. The van der Waals surface area contributed by atoms with Gasteiger partial charge < -0.3 is 7.16 Å². The third-order valence-corrected chi connectivity index (χ3v) is 3.45. The zero-order chi connectivity index (χ0) is 8.48. The van der Waals surface area contributed by atoms with Crippen molar-refractivity contribution in [1.82, 2.24) is 0 Å². The van der Waals surface area contributed by atoms with Gasteiger partial charge in [-0.2, -0.15) is 8.42 Å². The third kappa shape index (κ3) is 3.72. The Morgan fingerprint density at radius 1 is 1.25 bits per heavy atom. The maximum atomic E-state index is 10.6. The van der Waals surface area contributed by atoms with Crippen LogP contribution in [0, 0.1) is 0 Å². The van der Waals surface area contributed by atoms with E-state index in [1.165, 1.54) is 0 Å². The van der Waals surface area contributed by atoms with Gasteiger partial charge in [0.1, 0.15) is 0 Å². The van der Waals surface area contributed by atoms with Crippen molar-refractivity contribution in [3.05, 3.63) is 0 Å². The number of hydrogen-bond donors (Lipinski definition) is 2. The first-order chi connectivity index (χ1) is 5.00. The molecule has 0 aromatic rings. The Balaban J connectivity index is 0. The van der Waals surface area contributed by atoms with Crippen molar-refractivity contribution in [2.24, 2.45) is 5.73 Å². The molecule has 4 nitrogen and oxygen atoms in total. The molecule has 0 unspecified atom stereocenters. The summed E-state index contributed by atoms with van der Waals surface area (Å²) in [6, 6.07) is 0.119. The molecule has 12 heavy (non-hydrogen) atoms. The van der Waals surface area contributed by atoms with Gasteiger partial charge in [0.05, 0.1) is 5.25 Å². The summed E-state index contributed by atoms with van der Waals surface area (Å²) < 4.78 is 29.9. The van der Waals surface area contributed by atoms with E-state index in [4.69, 9.17) is 10.3 Å². The quantitative estimate of drug-likeness (QED) is 0.358. The van der Waals surface area contributed by atoms with Crippen molar-refractivity contribution in [3.63, 3.8) is 0 Å². The van der Waals surface area contributed by atoms with Crippen LogP contribution in [0.2, 0.25) is 0 Å². The fourth-order valence-corrected chi connectivity index (χ4v) is 2.25. The molecule has 0 saturated heterocycles. The molecule has 0 aliphatic heterocycles. The smallest absolute Gasteiger partial charge is 1.00 e. The molecule has 0 amide bonds. The van der Waals surface area contributed by atoms with E-state index in [1.54, 1.807) is 0 Å². The van der Waals surface area contributed by atoms with Gasteiger partial charge in [-0.05, 0) is 25.7 Å². The summed E-state index contributed by atoms with van der Waals surface area (Å²) in [7, 11) is -3.80. The van der Waals surface area contributed by atoms with Crippen LogP contribution < -0.4 is 35.3 Å². The summed E-state index contributed by atoms with van der Waals surface area (Å²) in [5.41, 5.74) is 5.56. The summed E-state index contributed by atoms with van der Waals surface area (Å²) in [6.07, 6.45) is 2.40. The predicted molar refractivity (Wildman–Crippen MR) is 42.9 cm³/mol. The Hall–Kier alpha value is 0.870. The Labute approximate surface area is 96.4 Å². The van der Waals surface area contributed by atoms with E-state index in [1.807, 2.05) is 0 Å². The largest absolute Gasteiger partial charge is 1.00 e. The zero-order valence-corrected chi connectivity index (χ0v) is 10.0. The molecule has 0 radical (unpaired) electrons. The summed E-state index contributed by atoms with van der Waals surface area (Å²) in [5.74, 6) is 0. The molecule has 1 saturated carbocycles. The van der Waals surface area contributed by atoms with Crippen LogP contribution in [0.4, 0.5) is 0 Å². The monoisotopic (exact) mass is 203 g/mol. The van der Waals surface area contributed by atoms with E-state index in [9.17, 15) is 8.42 Å². The van der Waals surface area contributed by atoms with Crippen molar-refractivity contribution in [2.75, 3.05) is 0 Å². The minimum Gasteiger partial charge on any atom is -1.00 e. The van der Waals surface area contributed by atoms with E-state index in [0.717, 1.165) is 0 Å². The van der Waals surface area contributed by atoms with Gasteiger partial charge in [0.2, 0.25) is 0 Å². The number of nitrogens with two attached hydrogens (primary N) is 1. The molecule has 0 bridgehead atoms. The molecule has 6 heteroatoms. The topological polar surface area (TPSA) is 80.4 Å². The van der Waals surface area contributed by atoms with Crippen molar-refractivity contribution in [3.8, 4) is 0 Å². The molecule has 3 N–H and O–H groups in total. The molecule has 1 rings (SSSR count). The third-order valence-electron chi connectivity index (χ3n) is 2.14. The van der Waals surface area contributed by atoms with Crippen molar-refractivity contribution in [1.29, 1.82) is 0 Å². The molecule has 1 aliphatic carbocycles. The van der Waals surface area contributed by atoms with Crippen molar-refractivity contribution in [2.45, 2.75) is 37.0 Å². The Bertz CT molecular complexity index is 226. The minimum atomic E-state index is -3.80. The normalized spacial score (nSPS) is 30.8. The van der Waals surface area contributed by atoms with E-state index in [0.29, 0.717) is 25.7 Å². The average molecular weight is 203 g/mol.